The number of benzene rings is 1. The number of amides is 3. The third kappa shape index (κ3) is 3.74. The lowest BCUT2D eigenvalue weighted by molar-refractivity contribution is -0.139. The minimum Gasteiger partial charge on any atom is -0.334 e. The van der Waals surface area contributed by atoms with Gasteiger partial charge < -0.3 is 4.90 Å². The zero-order valence-electron chi connectivity index (χ0n) is 17.0. The van der Waals surface area contributed by atoms with Crippen LogP contribution < -0.4 is 0 Å². The first-order valence-electron chi connectivity index (χ1n) is 10.3. The smallest absolute Gasteiger partial charge is 0.262 e. The maximum absolute atomic E-state index is 13.8. The maximum Gasteiger partial charge on any atom is 0.262 e. The molecule has 7 heteroatoms. The lowest BCUT2D eigenvalue weighted by Crippen LogP contribution is -2.53. The van der Waals surface area contributed by atoms with Crippen molar-refractivity contribution in [1.82, 2.24) is 14.8 Å². The Hall–Kier alpha value is -2.67. The number of piperidine rings is 1. The van der Waals surface area contributed by atoms with Crippen LogP contribution in [0.5, 0.6) is 0 Å². The lowest BCUT2D eigenvalue weighted by atomic mass is 9.95. The fraction of sp³-hybridized carbons (Fsp3) is 0.391. The van der Waals surface area contributed by atoms with E-state index in [1.54, 1.807) is 48.4 Å². The Bertz CT molecular complexity index is 915. The zero-order valence-corrected chi connectivity index (χ0v) is 17.8. The molecule has 156 valence electrons. The van der Waals surface area contributed by atoms with E-state index in [0.717, 1.165) is 24.8 Å². The fourth-order valence-electron chi connectivity index (χ4n) is 4.39. The lowest BCUT2D eigenvalue weighted by Gasteiger charge is -2.39. The average molecular weight is 424 g/mol. The maximum atomic E-state index is 13.8. The number of rotatable bonds is 6. The summed E-state index contributed by atoms with van der Waals surface area (Å²) in [5.74, 6) is -0.197. The van der Waals surface area contributed by atoms with E-state index < -0.39 is 6.04 Å². The quantitative estimate of drug-likeness (QED) is 0.665. The monoisotopic (exact) mass is 423 g/mol. The molecule has 30 heavy (non-hydrogen) atoms. The Morgan fingerprint density at radius 3 is 2.50 bits per heavy atom. The first-order chi connectivity index (χ1) is 14.6. The van der Waals surface area contributed by atoms with Gasteiger partial charge in [-0.3, -0.25) is 24.3 Å². The summed E-state index contributed by atoms with van der Waals surface area (Å²) in [6.45, 7) is 0.622. The van der Waals surface area contributed by atoms with Crippen LogP contribution in [0, 0.1) is 0 Å². The second kappa shape index (κ2) is 9.00. The summed E-state index contributed by atoms with van der Waals surface area (Å²) >= 11 is 1.61. The molecule has 1 aromatic heterocycles. The van der Waals surface area contributed by atoms with Crippen LogP contribution in [0.3, 0.4) is 0 Å². The van der Waals surface area contributed by atoms with Gasteiger partial charge in [-0.05, 0) is 61.5 Å². The average Bonchev–Trinajstić information content (AvgIpc) is 3.05. The third-order valence-corrected chi connectivity index (χ3v) is 6.52. The number of pyridine rings is 1. The predicted molar refractivity (Wildman–Crippen MR) is 116 cm³/mol. The van der Waals surface area contributed by atoms with Crippen molar-refractivity contribution in [3.05, 3.63) is 65.5 Å². The van der Waals surface area contributed by atoms with Crippen LogP contribution in [0.4, 0.5) is 0 Å². The van der Waals surface area contributed by atoms with Crippen LogP contribution in [-0.4, -0.2) is 57.1 Å². The van der Waals surface area contributed by atoms with E-state index in [2.05, 4.69) is 4.98 Å². The molecule has 2 aromatic rings. The summed E-state index contributed by atoms with van der Waals surface area (Å²) in [6.07, 6.45) is 8.74. The number of hydrogen-bond donors (Lipinski definition) is 0. The molecule has 0 saturated carbocycles. The van der Waals surface area contributed by atoms with Crippen molar-refractivity contribution in [3.8, 4) is 0 Å². The van der Waals surface area contributed by atoms with Gasteiger partial charge in [0.25, 0.3) is 11.8 Å². The van der Waals surface area contributed by atoms with Crippen molar-refractivity contribution in [2.45, 2.75) is 37.8 Å². The van der Waals surface area contributed by atoms with Gasteiger partial charge in [0.1, 0.15) is 6.04 Å². The van der Waals surface area contributed by atoms with Crippen LogP contribution >= 0.6 is 11.8 Å². The number of likely N-dealkylation sites (tertiary alicyclic amines) is 1. The third-order valence-electron chi connectivity index (χ3n) is 5.87. The number of carbonyl (C=O) groups is 3. The molecule has 4 rings (SSSR count). The summed E-state index contributed by atoms with van der Waals surface area (Å²) < 4.78 is 0. The molecule has 2 aliphatic heterocycles. The van der Waals surface area contributed by atoms with Gasteiger partial charge in [-0.1, -0.05) is 18.2 Å². The SMILES string of the molecule is CSCC[C@@H](C(=O)N1CCCCC1c1cccnc1)N1C(=O)c2ccccc2C1=O. The van der Waals surface area contributed by atoms with Crippen LogP contribution in [0.15, 0.2) is 48.8 Å². The summed E-state index contributed by atoms with van der Waals surface area (Å²) in [6, 6.07) is 9.80. The number of fused-ring (bicyclic) bond motifs is 1. The predicted octanol–water partition coefficient (Wildman–Crippen LogP) is 3.55. The summed E-state index contributed by atoms with van der Waals surface area (Å²) in [4.78, 5) is 47.2. The number of nitrogens with zero attached hydrogens (tertiary/aromatic N) is 3. The Balaban J connectivity index is 1.66. The van der Waals surface area contributed by atoms with E-state index in [9.17, 15) is 14.4 Å². The van der Waals surface area contributed by atoms with E-state index in [-0.39, 0.29) is 23.8 Å². The van der Waals surface area contributed by atoms with Crippen molar-refractivity contribution >= 4 is 29.5 Å². The van der Waals surface area contributed by atoms with Gasteiger partial charge in [-0.25, -0.2) is 0 Å². The first-order valence-corrected chi connectivity index (χ1v) is 11.7. The van der Waals surface area contributed by atoms with Crippen LogP contribution in [0.2, 0.25) is 0 Å². The van der Waals surface area contributed by atoms with Crippen LogP contribution in [-0.2, 0) is 4.79 Å². The van der Waals surface area contributed by atoms with Crippen molar-refractivity contribution in [3.63, 3.8) is 0 Å². The molecule has 0 aliphatic carbocycles. The largest absolute Gasteiger partial charge is 0.334 e. The Morgan fingerprint density at radius 2 is 1.87 bits per heavy atom. The standard InChI is InChI=1S/C23H25N3O3S/c1-30-14-11-20(26-21(27)17-8-2-3-9-18(17)22(26)28)23(29)25-13-5-4-10-19(25)16-7-6-12-24-15-16/h2-3,6-9,12,15,19-20H,4-5,10-11,13-14H2,1H3/t19?,20-/m0/s1. The van der Waals surface area contributed by atoms with E-state index in [0.29, 0.717) is 29.8 Å². The Morgan fingerprint density at radius 1 is 1.13 bits per heavy atom. The van der Waals surface area contributed by atoms with Gasteiger partial charge in [0.05, 0.1) is 17.2 Å². The highest BCUT2D eigenvalue weighted by Gasteiger charge is 2.44. The number of aromatic nitrogens is 1. The van der Waals surface area contributed by atoms with Gasteiger partial charge >= 0.3 is 0 Å². The molecule has 3 amide bonds. The molecule has 1 unspecified atom stereocenters. The summed E-state index contributed by atoms with van der Waals surface area (Å²) in [5, 5.41) is 0. The van der Waals surface area contributed by atoms with Gasteiger partial charge in [-0.2, -0.15) is 11.8 Å². The molecule has 1 fully saturated rings. The molecule has 0 N–H and O–H groups in total. The van der Waals surface area contributed by atoms with E-state index in [4.69, 9.17) is 0 Å². The first kappa shape index (κ1) is 20.6. The molecule has 3 heterocycles. The van der Waals surface area contributed by atoms with E-state index >= 15 is 0 Å². The number of carbonyl (C=O) groups excluding carboxylic acids is 3. The Kier molecular flexibility index (Phi) is 6.18. The number of imide groups is 1. The molecule has 0 spiro atoms. The van der Waals surface area contributed by atoms with Gasteiger partial charge in [-0.15, -0.1) is 0 Å². The molecule has 2 aliphatic rings. The van der Waals surface area contributed by atoms with Crippen molar-refractivity contribution < 1.29 is 14.4 Å². The fourth-order valence-corrected chi connectivity index (χ4v) is 4.85. The zero-order chi connectivity index (χ0) is 21.1. The molecular weight excluding hydrogens is 398 g/mol. The topological polar surface area (TPSA) is 70.6 Å². The highest BCUT2D eigenvalue weighted by atomic mass is 32.2. The normalized spacial score (nSPS) is 19.7. The van der Waals surface area contributed by atoms with Crippen LogP contribution in [0.25, 0.3) is 0 Å². The highest BCUT2D eigenvalue weighted by molar-refractivity contribution is 7.98. The molecule has 1 saturated heterocycles. The number of hydrogen-bond acceptors (Lipinski definition) is 5. The summed E-state index contributed by atoms with van der Waals surface area (Å²) in [5.41, 5.74) is 1.76. The highest BCUT2D eigenvalue weighted by Crippen LogP contribution is 2.33. The second-order valence-corrected chi connectivity index (χ2v) is 8.64. The van der Waals surface area contributed by atoms with E-state index in [1.807, 2.05) is 23.3 Å². The van der Waals surface area contributed by atoms with Gasteiger partial charge in [0, 0.05) is 18.9 Å². The minimum absolute atomic E-state index is 0.0769. The van der Waals surface area contributed by atoms with E-state index in [1.165, 1.54) is 4.90 Å². The van der Waals surface area contributed by atoms with Crippen LogP contribution in [0.1, 0.15) is 58.0 Å². The number of thioether (sulfide) groups is 1. The molecule has 1 aromatic carbocycles. The molecule has 2 atom stereocenters. The Labute approximate surface area is 180 Å². The second-order valence-electron chi connectivity index (χ2n) is 7.65. The van der Waals surface area contributed by atoms with Crippen molar-refractivity contribution in [2.75, 3.05) is 18.6 Å². The molecule has 0 bridgehead atoms. The van der Waals surface area contributed by atoms with Gasteiger partial charge in [0.2, 0.25) is 5.91 Å². The molecular formula is C23H25N3O3S. The van der Waals surface area contributed by atoms with Crippen molar-refractivity contribution in [1.29, 1.82) is 0 Å². The minimum atomic E-state index is -0.790. The van der Waals surface area contributed by atoms with Gasteiger partial charge in [0.15, 0.2) is 0 Å². The summed E-state index contributed by atoms with van der Waals surface area (Å²) in [7, 11) is 0. The molecule has 6 nitrogen and oxygen atoms in total. The van der Waals surface area contributed by atoms with Crippen molar-refractivity contribution in [2.24, 2.45) is 0 Å². The molecule has 0 radical (unpaired) electrons.